The third-order valence-electron chi connectivity index (χ3n) is 3.77. The van der Waals surface area contributed by atoms with Crippen molar-refractivity contribution in [1.29, 1.82) is 0 Å². The molecular weight excluding hydrogens is 224 g/mol. The molecule has 2 fully saturated rings. The second-order valence-corrected chi connectivity index (χ2v) is 6.37. The molecule has 16 heavy (non-hydrogen) atoms. The van der Waals surface area contributed by atoms with Gasteiger partial charge in [-0.3, -0.25) is 4.79 Å². The molecule has 1 saturated heterocycles. The van der Waals surface area contributed by atoms with Gasteiger partial charge in [-0.25, -0.2) is 0 Å². The Morgan fingerprint density at radius 3 is 2.81 bits per heavy atom. The van der Waals surface area contributed by atoms with Crippen LogP contribution in [0.5, 0.6) is 0 Å². The molecule has 0 aromatic heterocycles. The molecule has 3 atom stereocenters. The first-order chi connectivity index (χ1) is 7.51. The molecule has 0 radical (unpaired) electrons. The smallest absolute Gasteiger partial charge is 0.238 e. The first-order valence-corrected chi connectivity index (χ1v) is 6.97. The van der Waals surface area contributed by atoms with E-state index in [0.29, 0.717) is 6.42 Å². The second-order valence-electron chi connectivity index (χ2n) is 5.22. The van der Waals surface area contributed by atoms with Gasteiger partial charge >= 0.3 is 0 Å². The fourth-order valence-corrected chi connectivity index (χ4v) is 3.09. The third-order valence-corrected chi connectivity index (χ3v) is 4.83. The Balaban J connectivity index is 1.83. The van der Waals surface area contributed by atoms with E-state index >= 15 is 0 Å². The zero-order chi connectivity index (χ0) is 11.8. The van der Waals surface area contributed by atoms with Gasteiger partial charge in [0.15, 0.2) is 0 Å². The van der Waals surface area contributed by atoms with Crippen molar-refractivity contribution in [2.45, 2.75) is 38.5 Å². The topological polar surface area (TPSA) is 61.4 Å². The quantitative estimate of drug-likeness (QED) is 0.638. The lowest BCUT2D eigenvalue weighted by atomic mass is 9.64. The van der Waals surface area contributed by atoms with Crippen LogP contribution < -0.4 is 10.6 Å². The highest BCUT2D eigenvalue weighted by atomic mass is 32.2. The molecule has 1 saturated carbocycles. The molecule has 2 aliphatic rings. The molecule has 0 bridgehead atoms. The largest absolute Gasteiger partial charge is 0.392 e. The van der Waals surface area contributed by atoms with E-state index in [1.54, 1.807) is 0 Å². The first-order valence-electron chi connectivity index (χ1n) is 5.81. The minimum absolute atomic E-state index is 0.0627. The van der Waals surface area contributed by atoms with Crippen LogP contribution in [0.15, 0.2) is 0 Å². The van der Waals surface area contributed by atoms with E-state index in [1.165, 1.54) is 0 Å². The molecule has 3 unspecified atom stereocenters. The molecule has 0 aromatic rings. The summed E-state index contributed by atoms with van der Waals surface area (Å²) in [6.45, 7) is 4.89. The molecule has 3 N–H and O–H groups in total. The average Bonchev–Trinajstić information content (AvgIpc) is 2.29. The maximum Gasteiger partial charge on any atom is 0.238 e. The molecule has 4 nitrogen and oxygen atoms in total. The van der Waals surface area contributed by atoms with E-state index in [1.807, 2.05) is 25.6 Å². The number of nitrogens with one attached hydrogen (secondary N) is 2. The number of hydrogen-bond donors (Lipinski definition) is 3. The molecule has 1 amide bonds. The van der Waals surface area contributed by atoms with E-state index in [4.69, 9.17) is 0 Å². The summed E-state index contributed by atoms with van der Waals surface area (Å²) in [6.07, 6.45) is 0.394. The summed E-state index contributed by atoms with van der Waals surface area (Å²) < 4.78 is 0. The number of aliphatic hydroxyl groups excluding tert-OH is 1. The Morgan fingerprint density at radius 2 is 2.31 bits per heavy atom. The van der Waals surface area contributed by atoms with Crippen LogP contribution >= 0.6 is 11.8 Å². The fourth-order valence-electron chi connectivity index (χ4n) is 2.15. The number of rotatable bonds is 2. The van der Waals surface area contributed by atoms with Gasteiger partial charge in [0.2, 0.25) is 5.91 Å². The van der Waals surface area contributed by atoms with Crippen molar-refractivity contribution in [3.05, 3.63) is 0 Å². The molecule has 1 aliphatic heterocycles. The molecule has 1 heterocycles. The number of carbonyl (C=O) groups excluding carboxylic acids is 1. The van der Waals surface area contributed by atoms with Crippen LogP contribution in [0.2, 0.25) is 0 Å². The van der Waals surface area contributed by atoms with Gasteiger partial charge in [0, 0.05) is 29.5 Å². The highest BCUT2D eigenvalue weighted by Crippen LogP contribution is 2.40. The summed E-state index contributed by atoms with van der Waals surface area (Å²) in [6, 6.07) is 0.0519. The molecule has 0 spiro atoms. The highest BCUT2D eigenvalue weighted by Gasteiger charge is 2.48. The fraction of sp³-hybridized carbons (Fsp3) is 0.909. The van der Waals surface area contributed by atoms with Crippen molar-refractivity contribution in [3.63, 3.8) is 0 Å². The van der Waals surface area contributed by atoms with E-state index < -0.39 is 0 Å². The molecule has 5 heteroatoms. The minimum Gasteiger partial charge on any atom is -0.392 e. The Kier molecular flexibility index (Phi) is 3.47. The molecular formula is C11H20N2O2S. The summed E-state index contributed by atoms with van der Waals surface area (Å²) in [7, 11) is 0. The van der Waals surface area contributed by atoms with Gasteiger partial charge in [0.25, 0.3) is 0 Å². The van der Waals surface area contributed by atoms with Gasteiger partial charge in [-0.1, -0.05) is 13.8 Å². The molecule has 92 valence electrons. The Morgan fingerprint density at radius 1 is 1.56 bits per heavy atom. The van der Waals surface area contributed by atoms with Crippen LogP contribution in [0.1, 0.15) is 20.3 Å². The molecule has 2 rings (SSSR count). The van der Waals surface area contributed by atoms with Gasteiger partial charge in [0.1, 0.15) is 0 Å². The first kappa shape index (κ1) is 12.2. The number of aliphatic hydroxyl groups is 1. The summed E-state index contributed by atoms with van der Waals surface area (Å²) in [5, 5.41) is 15.8. The predicted octanol–water partition coefficient (Wildman–Crippen LogP) is -0.0330. The van der Waals surface area contributed by atoms with Crippen LogP contribution in [0.3, 0.4) is 0 Å². The summed E-state index contributed by atoms with van der Waals surface area (Å²) >= 11 is 1.81. The SMILES string of the molecule is CC1(C)C(O)CC1NC(=O)C1CSCCN1. The number of carbonyl (C=O) groups is 1. The minimum atomic E-state index is -0.286. The molecule has 1 aliphatic carbocycles. The maximum atomic E-state index is 11.9. The van der Waals surface area contributed by atoms with Gasteiger partial charge in [-0.2, -0.15) is 11.8 Å². The van der Waals surface area contributed by atoms with Crippen LogP contribution in [-0.4, -0.2) is 47.3 Å². The maximum absolute atomic E-state index is 11.9. The van der Waals surface area contributed by atoms with Gasteiger partial charge in [-0.05, 0) is 6.42 Å². The van der Waals surface area contributed by atoms with Crippen molar-refractivity contribution in [2.24, 2.45) is 5.41 Å². The van der Waals surface area contributed by atoms with E-state index in [-0.39, 0.29) is 29.5 Å². The van der Waals surface area contributed by atoms with Gasteiger partial charge < -0.3 is 15.7 Å². The zero-order valence-corrected chi connectivity index (χ0v) is 10.6. The lowest BCUT2D eigenvalue weighted by Crippen LogP contribution is -2.63. The summed E-state index contributed by atoms with van der Waals surface area (Å²) in [5.74, 6) is 2.01. The van der Waals surface area contributed by atoms with E-state index in [2.05, 4.69) is 10.6 Å². The van der Waals surface area contributed by atoms with E-state index in [9.17, 15) is 9.90 Å². The van der Waals surface area contributed by atoms with Crippen molar-refractivity contribution >= 4 is 17.7 Å². The Labute approximate surface area is 101 Å². The lowest BCUT2D eigenvalue weighted by Gasteiger charge is -2.49. The Bertz CT molecular complexity index is 277. The van der Waals surface area contributed by atoms with Crippen molar-refractivity contribution < 1.29 is 9.90 Å². The van der Waals surface area contributed by atoms with Crippen LogP contribution in [0.25, 0.3) is 0 Å². The Hall–Kier alpha value is -0.260. The monoisotopic (exact) mass is 244 g/mol. The van der Waals surface area contributed by atoms with E-state index in [0.717, 1.165) is 18.1 Å². The summed E-state index contributed by atoms with van der Waals surface area (Å²) in [4.78, 5) is 11.9. The van der Waals surface area contributed by atoms with Crippen LogP contribution in [-0.2, 0) is 4.79 Å². The molecule has 0 aromatic carbocycles. The number of thioether (sulfide) groups is 1. The zero-order valence-electron chi connectivity index (χ0n) is 9.82. The average molecular weight is 244 g/mol. The second kappa shape index (κ2) is 4.55. The van der Waals surface area contributed by atoms with Gasteiger partial charge in [-0.15, -0.1) is 0 Å². The number of amides is 1. The third kappa shape index (κ3) is 2.21. The normalized spacial score (nSPS) is 37.6. The van der Waals surface area contributed by atoms with Crippen LogP contribution in [0.4, 0.5) is 0 Å². The highest BCUT2D eigenvalue weighted by molar-refractivity contribution is 7.99. The lowest BCUT2D eigenvalue weighted by molar-refractivity contribution is -0.130. The predicted molar refractivity (Wildman–Crippen MR) is 65.5 cm³/mol. The van der Waals surface area contributed by atoms with Crippen molar-refractivity contribution in [1.82, 2.24) is 10.6 Å². The summed E-state index contributed by atoms with van der Waals surface area (Å²) in [5.41, 5.74) is -0.183. The standard InChI is InChI=1S/C11H20N2O2S/c1-11(2)8(5-9(11)14)13-10(15)7-6-16-4-3-12-7/h7-9,12,14H,3-6H2,1-2H3,(H,13,15). The van der Waals surface area contributed by atoms with Crippen molar-refractivity contribution in [2.75, 3.05) is 18.1 Å². The van der Waals surface area contributed by atoms with Gasteiger partial charge in [0.05, 0.1) is 12.1 Å². The van der Waals surface area contributed by atoms with Crippen molar-refractivity contribution in [3.8, 4) is 0 Å². The van der Waals surface area contributed by atoms with Crippen LogP contribution in [0, 0.1) is 5.41 Å². The number of hydrogen-bond acceptors (Lipinski definition) is 4.